The lowest BCUT2D eigenvalue weighted by molar-refractivity contribution is 0.252. The smallest absolute Gasteiger partial charge is 0.322 e. The number of nitrogens with zero attached hydrogens (tertiary/aromatic N) is 3. The highest BCUT2D eigenvalue weighted by molar-refractivity contribution is 5.95. The zero-order valence-corrected chi connectivity index (χ0v) is 15.8. The van der Waals surface area contributed by atoms with Gasteiger partial charge >= 0.3 is 6.03 Å². The molecule has 2 amide bonds. The first-order valence-electron chi connectivity index (χ1n) is 9.09. The number of para-hydroxylation sites is 1. The van der Waals surface area contributed by atoms with Gasteiger partial charge in [-0.15, -0.1) is 0 Å². The highest BCUT2D eigenvalue weighted by Gasteiger charge is 2.24. The maximum absolute atomic E-state index is 12.5. The van der Waals surface area contributed by atoms with Gasteiger partial charge in [-0.05, 0) is 30.7 Å². The molecule has 3 aromatic rings. The van der Waals surface area contributed by atoms with E-state index in [4.69, 9.17) is 0 Å². The summed E-state index contributed by atoms with van der Waals surface area (Å²) in [6, 6.07) is 15.1. The summed E-state index contributed by atoms with van der Waals surface area (Å²) >= 11 is 0. The largest absolute Gasteiger partial charge is 0.336 e. The van der Waals surface area contributed by atoms with Gasteiger partial charge in [0, 0.05) is 43.3 Å². The third-order valence-electron chi connectivity index (χ3n) is 4.84. The summed E-state index contributed by atoms with van der Waals surface area (Å²) in [4.78, 5) is 30.9. The van der Waals surface area contributed by atoms with E-state index in [2.05, 4.69) is 15.6 Å². The molecule has 0 unspecified atom stereocenters. The zero-order chi connectivity index (χ0) is 19.7. The van der Waals surface area contributed by atoms with Crippen LogP contribution in [0, 0.1) is 6.92 Å². The van der Waals surface area contributed by atoms with E-state index in [0.29, 0.717) is 18.8 Å². The normalized spacial score (nSPS) is 13.5. The van der Waals surface area contributed by atoms with E-state index in [0.717, 1.165) is 22.5 Å². The Bertz CT molecular complexity index is 1090. The molecular weight excluding hydrogens is 354 g/mol. The molecule has 0 radical (unpaired) electrons. The Balaban J connectivity index is 1.77. The maximum Gasteiger partial charge on any atom is 0.322 e. The first-order chi connectivity index (χ1) is 13.5. The highest BCUT2D eigenvalue weighted by Crippen LogP contribution is 2.30. The van der Waals surface area contributed by atoms with Gasteiger partial charge in [0.1, 0.15) is 0 Å². The summed E-state index contributed by atoms with van der Waals surface area (Å²) < 4.78 is 1.52. The van der Waals surface area contributed by atoms with Crippen molar-refractivity contribution in [1.29, 1.82) is 0 Å². The summed E-state index contributed by atoms with van der Waals surface area (Å²) in [5.74, 6) is 0.259. The molecule has 0 saturated carbocycles. The van der Waals surface area contributed by atoms with E-state index >= 15 is 0 Å². The number of nitrogens with one attached hydrogen (secondary N) is 2. The number of carbonyl (C=O) groups excluding carboxylic acids is 1. The molecule has 28 heavy (non-hydrogen) atoms. The van der Waals surface area contributed by atoms with E-state index in [1.54, 1.807) is 18.1 Å². The molecule has 0 atom stereocenters. The quantitative estimate of drug-likeness (QED) is 0.735. The monoisotopic (exact) mass is 375 g/mol. The van der Waals surface area contributed by atoms with E-state index in [9.17, 15) is 9.59 Å². The van der Waals surface area contributed by atoms with Crippen LogP contribution >= 0.6 is 0 Å². The fourth-order valence-corrected chi connectivity index (χ4v) is 3.37. The minimum Gasteiger partial charge on any atom is -0.336 e. The minimum absolute atomic E-state index is 0.0971. The van der Waals surface area contributed by atoms with Crippen molar-refractivity contribution >= 4 is 23.2 Å². The summed E-state index contributed by atoms with van der Waals surface area (Å²) in [6.07, 6.45) is 1.72. The van der Waals surface area contributed by atoms with Crippen molar-refractivity contribution in [2.75, 3.05) is 23.3 Å². The average Bonchev–Trinajstić information content (AvgIpc) is 3.12. The molecule has 0 bridgehead atoms. The summed E-state index contributed by atoms with van der Waals surface area (Å²) in [6.45, 7) is 3.23. The molecule has 2 aromatic carbocycles. The molecule has 1 aliphatic rings. The molecule has 0 aliphatic carbocycles. The SMILES string of the molecule is Cc1c(-c2cn(C)c(=O)c(Nc3ccccc3)n2)cccc1N1CCNC1=O. The molecule has 2 heterocycles. The van der Waals surface area contributed by atoms with Crippen LogP contribution in [0.1, 0.15) is 5.56 Å². The third-order valence-corrected chi connectivity index (χ3v) is 4.84. The van der Waals surface area contributed by atoms with Gasteiger partial charge < -0.3 is 15.2 Å². The fourth-order valence-electron chi connectivity index (χ4n) is 3.37. The first-order valence-corrected chi connectivity index (χ1v) is 9.09. The van der Waals surface area contributed by atoms with Crippen LogP contribution in [0.15, 0.2) is 59.5 Å². The van der Waals surface area contributed by atoms with Crippen LogP contribution < -0.4 is 21.1 Å². The molecule has 0 spiro atoms. The van der Waals surface area contributed by atoms with Crippen LogP contribution in [-0.4, -0.2) is 28.7 Å². The number of aryl methyl sites for hydroxylation is 1. The Morgan fingerprint density at radius 1 is 1.07 bits per heavy atom. The van der Waals surface area contributed by atoms with Crippen molar-refractivity contribution < 1.29 is 4.79 Å². The van der Waals surface area contributed by atoms with Gasteiger partial charge in [-0.2, -0.15) is 0 Å². The van der Waals surface area contributed by atoms with Crippen molar-refractivity contribution in [1.82, 2.24) is 14.9 Å². The van der Waals surface area contributed by atoms with E-state index in [1.807, 2.05) is 55.5 Å². The number of rotatable bonds is 4. The maximum atomic E-state index is 12.5. The predicted molar refractivity (Wildman–Crippen MR) is 110 cm³/mol. The van der Waals surface area contributed by atoms with Gasteiger partial charge in [-0.1, -0.05) is 30.3 Å². The second-order valence-corrected chi connectivity index (χ2v) is 6.72. The highest BCUT2D eigenvalue weighted by atomic mass is 16.2. The number of benzene rings is 2. The van der Waals surface area contributed by atoms with Crippen LogP contribution in [0.3, 0.4) is 0 Å². The van der Waals surface area contributed by atoms with Gasteiger partial charge in [-0.25, -0.2) is 9.78 Å². The summed E-state index contributed by atoms with van der Waals surface area (Å²) in [5, 5.41) is 5.92. The third kappa shape index (κ3) is 3.22. The predicted octanol–water partition coefficient (Wildman–Crippen LogP) is 3.03. The second kappa shape index (κ2) is 7.19. The topological polar surface area (TPSA) is 79.3 Å². The minimum atomic E-state index is -0.208. The Morgan fingerprint density at radius 3 is 2.57 bits per heavy atom. The molecular formula is C21H21N5O2. The Kier molecular flexibility index (Phi) is 4.57. The average molecular weight is 375 g/mol. The lowest BCUT2D eigenvalue weighted by atomic mass is 10.0. The molecule has 1 saturated heterocycles. The van der Waals surface area contributed by atoms with Crippen molar-refractivity contribution in [2.24, 2.45) is 7.05 Å². The van der Waals surface area contributed by atoms with Gasteiger partial charge in [0.25, 0.3) is 5.56 Å². The molecule has 4 rings (SSSR count). The van der Waals surface area contributed by atoms with Crippen molar-refractivity contribution in [3.8, 4) is 11.3 Å². The van der Waals surface area contributed by atoms with Crippen molar-refractivity contribution in [2.45, 2.75) is 6.92 Å². The number of anilines is 3. The molecule has 7 nitrogen and oxygen atoms in total. The van der Waals surface area contributed by atoms with Gasteiger partial charge in [0.2, 0.25) is 0 Å². The van der Waals surface area contributed by atoms with Gasteiger partial charge in [0.05, 0.1) is 5.69 Å². The van der Waals surface area contributed by atoms with Crippen molar-refractivity contribution in [3.63, 3.8) is 0 Å². The molecule has 2 N–H and O–H groups in total. The van der Waals surface area contributed by atoms with Crippen LogP contribution in [0.4, 0.5) is 22.0 Å². The number of carbonyl (C=O) groups is 1. The number of urea groups is 1. The Hall–Kier alpha value is -3.61. The molecule has 1 aromatic heterocycles. The standard InChI is InChI=1S/C21H21N5O2/c1-14-16(9-6-10-18(14)26-12-11-22-21(26)28)17-13-25(2)20(27)19(24-17)23-15-7-4-3-5-8-15/h3-10,13H,11-12H2,1-2H3,(H,22,28)(H,23,24). The van der Waals surface area contributed by atoms with E-state index in [1.165, 1.54) is 4.57 Å². The van der Waals surface area contributed by atoms with Crippen LogP contribution in [-0.2, 0) is 7.05 Å². The lowest BCUT2D eigenvalue weighted by Gasteiger charge is -2.19. The van der Waals surface area contributed by atoms with Crippen LogP contribution in [0.2, 0.25) is 0 Å². The zero-order valence-electron chi connectivity index (χ0n) is 15.8. The van der Waals surface area contributed by atoms with Gasteiger partial charge in [0.15, 0.2) is 5.82 Å². The lowest BCUT2D eigenvalue weighted by Crippen LogP contribution is -2.28. The molecule has 142 valence electrons. The summed E-state index contributed by atoms with van der Waals surface area (Å²) in [7, 11) is 1.71. The Morgan fingerprint density at radius 2 is 1.86 bits per heavy atom. The number of aromatic nitrogens is 2. The first kappa shape index (κ1) is 17.8. The van der Waals surface area contributed by atoms with Gasteiger partial charge in [-0.3, -0.25) is 9.69 Å². The molecule has 1 aliphatic heterocycles. The van der Waals surface area contributed by atoms with E-state index < -0.39 is 0 Å². The van der Waals surface area contributed by atoms with E-state index in [-0.39, 0.29) is 17.4 Å². The fraction of sp³-hybridized carbons (Fsp3) is 0.190. The second-order valence-electron chi connectivity index (χ2n) is 6.72. The number of amides is 2. The van der Waals surface area contributed by atoms with Crippen LogP contribution in [0.5, 0.6) is 0 Å². The number of hydrogen-bond acceptors (Lipinski definition) is 4. The summed E-state index contributed by atoms with van der Waals surface area (Å²) in [5.41, 5.74) is 3.92. The van der Waals surface area contributed by atoms with Crippen LogP contribution in [0.25, 0.3) is 11.3 Å². The Labute approximate surface area is 162 Å². The molecule has 1 fully saturated rings. The number of hydrogen-bond donors (Lipinski definition) is 2. The molecule has 7 heteroatoms. The van der Waals surface area contributed by atoms with Crippen molar-refractivity contribution in [3.05, 3.63) is 70.6 Å².